The molecule has 2 aliphatic carbocycles. The zero-order valence-corrected chi connectivity index (χ0v) is 48.1. The molecule has 81 heavy (non-hydrogen) atoms. The minimum absolute atomic E-state index is 0.0457. The van der Waals surface area contributed by atoms with Gasteiger partial charge in [0.2, 0.25) is 17.7 Å². The number of pyridine rings is 1. The Kier molecular flexibility index (Phi) is 19.6. The molecule has 4 heterocycles. The number of aromatic nitrogens is 1. The van der Waals surface area contributed by atoms with Crippen molar-refractivity contribution in [1.29, 1.82) is 0 Å². The van der Waals surface area contributed by atoms with Crippen molar-refractivity contribution in [3.63, 3.8) is 0 Å². The Morgan fingerprint density at radius 2 is 1.56 bits per heavy atom. The van der Waals surface area contributed by atoms with Gasteiger partial charge in [0.15, 0.2) is 0 Å². The largest absolute Gasteiger partial charge is 0.457 e. The van der Waals surface area contributed by atoms with E-state index in [0.717, 1.165) is 55.0 Å². The number of amides is 4. The van der Waals surface area contributed by atoms with Gasteiger partial charge >= 0.3 is 11.9 Å². The number of likely N-dealkylation sites (tertiary alicyclic amines) is 1. The van der Waals surface area contributed by atoms with E-state index in [1.165, 1.54) is 12.5 Å². The van der Waals surface area contributed by atoms with Crippen LogP contribution in [0.1, 0.15) is 128 Å². The molecule has 4 aromatic rings. The summed E-state index contributed by atoms with van der Waals surface area (Å²) < 4.78 is 18.6. The second kappa shape index (κ2) is 26.2. The van der Waals surface area contributed by atoms with E-state index in [1.54, 1.807) is 24.3 Å². The Balaban J connectivity index is 0.000000232. The zero-order chi connectivity index (χ0) is 58.2. The summed E-state index contributed by atoms with van der Waals surface area (Å²) in [4.78, 5) is 84.2. The Morgan fingerprint density at radius 1 is 0.877 bits per heavy atom. The molecule has 3 saturated heterocycles. The molecule has 0 spiro atoms. The van der Waals surface area contributed by atoms with Gasteiger partial charge in [-0.05, 0) is 119 Å². The lowest BCUT2D eigenvalue weighted by Gasteiger charge is -2.52. The second-order valence-electron chi connectivity index (χ2n) is 24.8. The summed E-state index contributed by atoms with van der Waals surface area (Å²) in [6.07, 6.45) is 8.75. The first-order valence-corrected chi connectivity index (χ1v) is 29.0. The maximum atomic E-state index is 13.8. The second-order valence-corrected chi connectivity index (χ2v) is 24.8. The maximum Gasteiger partial charge on any atom is 0.332 e. The van der Waals surface area contributed by atoms with Crippen molar-refractivity contribution in [2.24, 2.45) is 41.2 Å². The Bertz CT molecular complexity index is 2880. The third-order valence-electron chi connectivity index (χ3n) is 17.7. The predicted octanol–water partition coefficient (Wildman–Crippen LogP) is 6.86. The molecule has 0 unspecified atom stereocenters. The number of nitrogens with one attached hydrogen (secondary N) is 3. The van der Waals surface area contributed by atoms with E-state index < -0.39 is 89.9 Å². The van der Waals surface area contributed by atoms with Gasteiger partial charge in [-0.2, -0.15) is 0 Å². The van der Waals surface area contributed by atoms with Gasteiger partial charge in [0.1, 0.15) is 41.8 Å². The summed E-state index contributed by atoms with van der Waals surface area (Å²) in [7, 11) is 0. The quantitative estimate of drug-likeness (QED) is 0.0441. The zero-order valence-electron chi connectivity index (χ0n) is 48.1. The number of hydrogen-bond donors (Lipinski definition) is 6. The number of nitrogens with zero attached hydrogens (tertiary/aromatic N) is 2. The normalized spacial score (nSPS) is 28.1. The van der Waals surface area contributed by atoms with Gasteiger partial charge in [-0.15, -0.1) is 0 Å². The summed E-state index contributed by atoms with van der Waals surface area (Å²) in [6.45, 7) is 14.4. The number of carbonyl (C=O) groups excluding carboxylic acids is 6. The number of para-hydroxylation sites is 1. The highest BCUT2D eigenvalue weighted by molar-refractivity contribution is 5.99. The molecule has 17 nitrogen and oxygen atoms in total. The summed E-state index contributed by atoms with van der Waals surface area (Å²) in [5.41, 5.74) is 6.23. The molecule has 0 radical (unpaired) electrons. The fourth-order valence-corrected chi connectivity index (χ4v) is 13.6. The fourth-order valence-electron chi connectivity index (χ4n) is 13.6. The molecule has 13 atom stereocenters. The summed E-state index contributed by atoms with van der Waals surface area (Å²) in [6, 6.07) is 27.3. The van der Waals surface area contributed by atoms with Crippen LogP contribution in [0.4, 0.5) is 0 Å². The molecular weight excluding hydrogens is 1030 g/mol. The molecule has 3 aliphatic heterocycles. The van der Waals surface area contributed by atoms with Crippen LogP contribution in [0, 0.1) is 35.5 Å². The van der Waals surface area contributed by atoms with E-state index in [2.05, 4.69) is 46.6 Å². The van der Waals surface area contributed by atoms with Crippen molar-refractivity contribution in [2.45, 2.75) is 166 Å². The summed E-state index contributed by atoms with van der Waals surface area (Å²) >= 11 is 0. The van der Waals surface area contributed by atoms with E-state index in [4.69, 9.17) is 19.9 Å². The lowest BCUT2D eigenvalue weighted by Crippen LogP contribution is -2.62. The summed E-state index contributed by atoms with van der Waals surface area (Å²) in [5.74, 6) is -1.58. The van der Waals surface area contributed by atoms with Gasteiger partial charge in [0.25, 0.3) is 5.91 Å². The number of aliphatic hydroxyl groups excluding tert-OH is 2. The molecule has 3 aromatic carbocycles. The molecule has 7 N–H and O–H groups in total. The average Bonchev–Trinajstić information content (AvgIpc) is 3.05. The molecule has 5 aliphatic rings. The molecule has 5 fully saturated rings. The van der Waals surface area contributed by atoms with E-state index >= 15 is 0 Å². The molecule has 17 heteroatoms. The van der Waals surface area contributed by atoms with E-state index in [1.807, 2.05) is 107 Å². The van der Waals surface area contributed by atoms with Crippen molar-refractivity contribution in [1.82, 2.24) is 25.8 Å². The highest BCUT2D eigenvalue weighted by Crippen LogP contribution is 2.63. The van der Waals surface area contributed by atoms with E-state index in [0.29, 0.717) is 36.2 Å². The average molecular weight is 1110 g/mol. The molecule has 2 bridgehead atoms. The van der Waals surface area contributed by atoms with Gasteiger partial charge in [0, 0.05) is 42.4 Å². The number of primary amides is 1. The topological polar surface area (TPSA) is 249 Å². The Labute approximate surface area is 476 Å². The highest BCUT2D eigenvalue weighted by Gasteiger charge is 2.72. The van der Waals surface area contributed by atoms with Gasteiger partial charge in [-0.3, -0.25) is 24.1 Å². The first-order chi connectivity index (χ1) is 38.6. The van der Waals surface area contributed by atoms with Crippen LogP contribution in [0.2, 0.25) is 0 Å². The van der Waals surface area contributed by atoms with E-state index in [-0.39, 0.29) is 48.3 Å². The van der Waals surface area contributed by atoms with Crippen LogP contribution in [0.15, 0.2) is 103 Å². The third-order valence-corrected chi connectivity index (χ3v) is 17.7. The van der Waals surface area contributed by atoms with Crippen molar-refractivity contribution < 1.29 is 53.2 Å². The first-order valence-electron chi connectivity index (χ1n) is 29.0. The van der Waals surface area contributed by atoms with Gasteiger partial charge < -0.3 is 46.1 Å². The highest BCUT2D eigenvalue weighted by atomic mass is 16.6. The number of rotatable bonds is 18. The van der Waals surface area contributed by atoms with Crippen LogP contribution >= 0.6 is 0 Å². The van der Waals surface area contributed by atoms with Crippen LogP contribution in [0.3, 0.4) is 0 Å². The van der Waals surface area contributed by atoms with Crippen LogP contribution < -0.4 is 21.7 Å². The predicted molar refractivity (Wildman–Crippen MR) is 308 cm³/mol. The van der Waals surface area contributed by atoms with Crippen LogP contribution in [0.5, 0.6) is 0 Å². The summed E-state index contributed by atoms with van der Waals surface area (Å²) in [5, 5.41) is 30.7. The van der Waals surface area contributed by atoms with Gasteiger partial charge in [0.05, 0.1) is 30.1 Å². The Morgan fingerprint density at radius 3 is 2.23 bits per heavy atom. The van der Waals surface area contributed by atoms with Gasteiger partial charge in [-0.1, -0.05) is 125 Å². The molecular formula is C64H84N6O11. The number of fused-ring (bicyclic) bond motifs is 6. The van der Waals surface area contributed by atoms with Crippen molar-refractivity contribution in [3.8, 4) is 0 Å². The van der Waals surface area contributed by atoms with Crippen molar-refractivity contribution in [2.75, 3.05) is 19.7 Å². The van der Waals surface area contributed by atoms with E-state index in [9.17, 15) is 39.0 Å². The number of ether oxygens (including phenoxy) is 3. The van der Waals surface area contributed by atoms with Crippen molar-refractivity contribution in [3.05, 3.63) is 120 Å². The number of nitrogens with two attached hydrogens (primary N) is 1. The van der Waals surface area contributed by atoms with Crippen molar-refractivity contribution >= 4 is 52.5 Å². The molecule has 2 saturated carbocycles. The monoisotopic (exact) mass is 1110 g/mol. The van der Waals surface area contributed by atoms with Crippen LogP contribution in [0.25, 0.3) is 17.0 Å². The maximum absolute atomic E-state index is 13.8. The third kappa shape index (κ3) is 14.6. The minimum Gasteiger partial charge on any atom is -0.457 e. The van der Waals surface area contributed by atoms with Crippen LogP contribution in [-0.4, -0.2) is 129 Å². The standard InChI is InChI=1S/C38H50N6O5.C26H34O6/c1-38(2,3)43-37(49)32-20-26-14-7-8-15-27(26)22-44(32)23-33(45)30(19-24-11-5-4-6-12-24)41-36(48)31(21-34(39)46)42-35(47)29-18-17-25-13-9-10-16-28(25)40-29;1-16(2)26-14-20(30-22(29)15-27)25(4,32-26)19-12-10-17(3)23(19)24(26)31-21(28)13-11-18-8-6-5-7-9-18/h4-6,9-13,16-18,26-27,30-33,45H,7-8,14-15,19-23H2,1-3H3,(H2,39,46)(H,41,48)(H,42,47)(H,43,49);5-9,11,13,16-17,19-20,23-24,27H,10,12,14-15H2,1-4H3/b;13-11+/t26-,27+,30-,31-,32-,33+;17-,19-,20-,23-,24+,25+,26-/m01/s1. The molecule has 4 amide bonds. The molecule has 436 valence electrons. The minimum atomic E-state index is -1.30. The van der Waals surface area contributed by atoms with Gasteiger partial charge in [-0.25, -0.2) is 14.6 Å². The SMILES string of the molecule is CC(C)(C)NC(=O)[C@@H]1C[C@@H]2CCCC[C@@H]2CN1C[C@@H](O)[C@H](Cc1ccccc1)NC(=O)[C@H](CC(N)=O)NC(=O)c1ccc2ccccc2n1.CC(C)[C@@]12C[C@@H](OC(=O)CO)[C@@](C)(O1)[C@@H]1CC[C@@H](C)[C@H]1[C@@H]2OC(=O)/C=C/c1ccccc1. The van der Waals surface area contributed by atoms with Crippen LogP contribution in [-0.2, 0) is 44.6 Å². The number of aliphatic hydroxyl groups is 2. The number of piperidine rings is 1. The number of carbonyl (C=O) groups is 6. The molecule has 9 rings (SSSR count). The molecule has 1 aromatic heterocycles. The fraction of sp³-hybridized carbons (Fsp3) is 0.547. The number of hydrogen-bond acceptors (Lipinski definition) is 13. The first kappa shape index (κ1) is 60.6. The number of esters is 2. The smallest absolute Gasteiger partial charge is 0.332 e. The lowest BCUT2D eigenvalue weighted by molar-refractivity contribution is -0.264. The lowest BCUT2D eigenvalue weighted by atomic mass is 9.69. The Hall–Kier alpha value is -6.53. The number of benzene rings is 3. The number of β-amino-alcohol motifs (C(OH)–C–C–N with tert-alkyl or cyclic N) is 1.